The van der Waals surface area contributed by atoms with Gasteiger partial charge in [0, 0.05) is 53.6 Å². The van der Waals surface area contributed by atoms with Crippen LogP contribution in [-0.4, -0.2) is 80.8 Å². The molecular weight excluding hydrogens is 450 g/mol. The van der Waals surface area contributed by atoms with Crippen molar-refractivity contribution in [1.82, 2.24) is 4.90 Å². The second kappa shape index (κ2) is 6.32. The van der Waals surface area contributed by atoms with Gasteiger partial charge in [0.2, 0.25) is 0 Å². The molecule has 9 rings (SSSR count). The van der Waals surface area contributed by atoms with E-state index in [1.165, 1.54) is 6.92 Å². The van der Waals surface area contributed by atoms with Crippen molar-refractivity contribution in [2.24, 2.45) is 39.9 Å². The topological polar surface area (TPSA) is 117 Å². The molecule has 3 heterocycles. The number of rotatable bonds is 4. The van der Waals surface area contributed by atoms with Crippen molar-refractivity contribution in [2.45, 2.75) is 95.5 Å². The molecule has 0 amide bonds. The van der Waals surface area contributed by atoms with Gasteiger partial charge in [-0.25, -0.2) is 0 Å². The molecule has 0 radical (unpaired) electrons. The average Bonchev–Trinajstić information content (AvgIpc) is 3.21. The highest BCUT2D eigenvalue weighted by Crippen LogP contribution is 2.88. The third-order valence-electron chi connectivity index (χ3n) is 12.1. The van der Waals surface area contributed by atoms with E-state index in [9.17, 15) is 24.9 Å². The summed E-state index contributed by atoms with van der Waals surface area (Å²) >= 11 is 0. The fourth-order valence-corrected chi connectivity index (χ4v) is 11.5. The molecule has 3 aliphatic heterocycles. The molecule has 3 saturated heterocycles. The Hall–Kier alpha value is -1.48. The predicted octanol–water partition coefficient (Wildman–Crippen LogP) is 1.02. The van der Waals surface area contributed by atoms with Crippen molar-refractivity contribution in [3.05, 3.63) is 12.2 Å². The zero-order valence-corrected chi connectivity index (χ0v) is 20.9. The van der Waals surface area contributed by atoms with Crippen LogP contribution in [0.1, 0.15) is 53.4 Å². The fraction of sp³-hybridized carbons (Fsp3) is 0.852. The van der Waals surface area contributed by atoms with E-state index in [1.807, 2.05) is 13.8 Å². The first-order valence-corrected chi connectivity index (χ1v) is 13.3. The van der Waals surface area contributed by atoms with Gasteiger partial charge in [-0.2, -0.15) is 0 Å². The lowest BCUT2D eigenvalue weighted by atomic mass is 9.38. The van der Waals surface area contributed by atoms with E-state index in [-0.39, 0.29) is 35.8 Å². The molecule has 9 fully saturated rings. The first kappa shape index (κ1) is 22.7. The Morgan fingerprint density at radius 2 is 1.94 bits per heavy atom. The maximum Gasteiger partial charge on any atom is 0.309 e. The number of hydrogen-bond acceptors (Lipinski definition) is 8. The Bertz CT molecular complexity index is 1060. The number of hydrogen-bond donors (Lipinski definition) is 3. The third-order valence-corrected chi connectivity index (χ3v) is 12.1. The maximum atomic E-state index is 13.0. The van der Waals surface area contributed by atoms with Gasteiger partial charge < -0.3 is 24.8 Å². The summed E-state index contributed by atoms with van der Waals surface area (Å²) < 4.78 is 12.1. The number of nitrogens with zero attached hydrogens (tertiary/aromatic N) is 1. The van der Waals surface area contributed by atoms with Crippen molar-refractivity contribution in [1.29, 1.82) is 0 Å². The third kappa shape index (κ3) is 2.05. The zero-order chi connectivity index (χ0) is 25.0. The Kier molecular flexibility index (Phi) is 4.10. The van der Waals surface area contributed by atoms with Crippen LogP contribution in [0.15, 0.2) is 12.2 Å². The van der Waals surface area contributed by atoms with E-state index in [4.69, 9.17) is 9.47 Å². The molecule has 8 heteroatoms. The highest BCUT2D eigenvalue weighted by atomic mass is 16.6. The van der Waals surface area contributed by atoms with E-state index >= 15 is 0 Å². The van der Waals surface area contributed by atoms with Gasteiger partial charge in [-0.15, -0.1) is 0 Å². The predicted molar refractivity (Wildman–Crippen MR) is 123 cm³/mol. The SMILES string of the molecule is C=C1C[C@@]23C[C@H]4[C@@H]5[C@]6(C)CN4[C@H]4[C@]5(C[C@@H](OC(=O)[C@@H](C)CC)[C@H]6OC(C)=O)[C@@H]2[C@H](O)[C@@H]1[C@H](O)[C@]43O. The van der Waals surface area contributed by atoms with Crippen LogP contribution in [0.5, 0.6) is 0 Å². The number of piperidine rings is 2. The molecule has 1 unspecified atom stereocenters. The van der Waals surface area contributed by atoms with Gasteiger partial charge in [0.1, 0.15) is 17.8 Å². The standard InChI is InChI=1S/C27H37NO7/c1-6-11(2)22(32)35-15-9-26-18-14-8-25-7-12(3)16(17(30)19(25)26)20(31)27(25,33)23(26)28(14)10-24(18,5)21(15)34-13(4)29/h11,14-21,23,30-31,33H,3,6-10H2,1-2,4-5H3/t11-,14-,15+,16+,17+,18+,19+,20-,21+,23-,24-,25+,26-,27-/m0/s1. The first-order valence-electron chi connectivity index (χ1n) is 13.3. The number of ether oxygens (including phenoxy) is 2. The Labute approximate surface area is 205 Å². The van der Waals surface area contributed by atoms with E-state index in [2.05, 4.69) is 18.4 Å². The summed E-state index contributed by atoms with van der Waals surface area (Å²) in [6, 6.07) is -0.143. The molecule has 0 aromatic rings. The van der Waals surface area contributed by atoms with Crippen LogP contribution >= 0.6 is 0 Å². The molecule has 9 bridgehead atoms. The van der Waals surface area contributed by atoms with Gasteiger partial charge in [-0.05, 0) is 31.6 Å². The van der Waals surface area contributed by atoms with Gasteiger partial charge in [-0.1, -0.05) is 32.9 Å². The van der Waals surface area contributed by atoms with E-state index in [1.54, 1.807) is 0 Å². The summed E-state index contributed by atoms with van der Waals surface area (Å²) in [7, 11) is 0. The lowest BCUT2D eigenvalue weighted by Crippen LogP contribution is -2.76. The molecule has 35 heavy (non-hydrogen) atoms. The number of esters is 2. The number of carbonyl (C=O) groups excluding carboxylic acids is 2. The van der Waals surface area contributed by atoms with Crippen molar-refractivity contribution in [3.63, 3.8) is 0 Å². The molecule has 9 aliphatic rings. The van der Waals surface area contributed by atoms with Crippen molar-refractivity contribution in [3.8, 4) is 0 Å². The van der Waals surface area contributed by atoms with Crippen molar-refractivity contribution >= 4 is 11.9 Å². The zero-order valence-electron chi connectivity index (χ0n) is 20.9. The van der Waals surface area contributed by atoms with Crippen LogP contribution in [0.2, 0.25) is 0 Å². The largest absolute Gasteiger partial charge is 0.458 e. The average molecular weight is 488 g/mol. The minimum Gasteiger partial charge on any atom is -0.458 e. The lowest BCUT2D eigenvalue weighted by Gasteiger charge is -2.68. The molecule has 15 atom stereocenters. The van der Waals surface area contributed by atoms with Crippen LogP contribution < -0.4 is 0 Å². The second-order valence-electron chi connectivity index (χ2n) is 13.2. The van der Waals surface area contributed by atoms with Crippen LogP contribution in [-0.2, 0) is 19.1 Å². The van der Waals surface area contributed by atoms with Crippen molar-refractivity contribution in [2.75, 3.05) is 6.54 Å². The van der Waals surface area contributed by atoms with Gasteiger partial charge in [0.05, 0.1) is 18.1 Å². The minimum atomic E-state index is -1.34. The van der Waals surface area contributed by atoms with Crippen LogP contribution in [0.3, 0.4) is 0 Å². The molecular formula is C27H37NO7. The van der Waals surface area contributed by atoms with Crippen LogP contribution in [0.4, 0.5) is 0 Å². The maximum absolute atomic E-state index is 13.0. The molecule has 6 aliphatic carbocycles. The number of carbonyl (C=O) groups is 2. The number of fused-ring (bicyclic) bond motifs is 1. The number of aliphatic hydroxyl groups excluding tert-OH is 2. The normalized spacial score (nSPS) is 60.7. The Morgan fingerprint density at radius 3 is 2.60 bits per heavy atom. The van der Waals surface area contributed by atoms with Gasteiger partial charge >= 0.3 is 11.9 Å². The summed E-state index contributed by atoms with van der Waals surface area (Å²) in [5.74, 6) is -1.69. The van der Waals surface area contributed by atoms with Crippen LogP contribution in [0, 0.1) is 39.9 Å². The minimum absolute atomic E-state index is 0.0713. The summed E-state index contributed by atoms with van der Waals surface area (Å²) in [5, 5.41) is 35.8. The number of aliphatic hydroxyl groups is 3. The monoisotopic (exact) mass is 487 g/mol. The summed E-state index contributed by atoms with van der Waals surface area (Å²) in [5.41, 5.74) is -2.15. The van der Waals surface area contributed by atoms with E-state index in [0.717, 1.165) is 5.57 Å². The molecule has 6 saturated carbocycles. The molecule has 0 aromatic carbocycles. The molecule has 3 N–H and O–H groups in total. The van der Waals surface area contributed by atoms with Crippen molar-refractivity contribution < 1.29 is 34.4 Å². The smallest absolute Gasteiger partial charge is 0.309 e. The first-order chi connectivity index (χ1) is 16.4. The Balaban J connectivity index is 1.40. The quantitative estimate of drug-likeness (QED) is 0.398. The molecule has 192 valence electrons. The molecule has 0 aromatic heterocycles. The second-order valence-corrected chi connectivity index (χ2v) is 13.2. The van der Waals surface area contributed by atoms with E-state index < -0.39 is 58.1 Å². The van der Waals surface area contributed by atoms with E-state index in [0.29, 0.717) is 32.2 Å². The van der Waals surface area contributed by atoms with Gasteiger partial charge in [0.25, 0.3) is 0 Å². The van der Waals surface area contributed by atoms with Gasteiger partial charge in [-0.3, -0.25) is 14.5 Å². The van der Waals surface area contributed by atoms with Crippen LogP contribution in [0.25, 0.3) is 0 Å². The summed E-state index contributed by atoms with van der Waals surface area (Å²) in [4.78, 5) is 27.6. The fourth-order valence-electron chi connectivity index (χ4n) is 11.5. The van der Waals surface area contributed by atoms with Gasteiger partial charge in [0.15, 0.2) is 0 Å². The Morgan fingerprint density at radius 1 is 1.23 bits per heavy atom. The molecule has 2 spiro atoms. The molecule has 8 nitrogen and oxygen atoms in total. The highest BCUT2D eigenvalue weighted by Gasteiger charge is 2.95. The summed E-state index contributed by atoms with van der Waals surface area (Å²) in [6.07, 6.45) is -0.752. The lowest BCUT2D eigenvalue weighted by molar-refractivity contribution is -0.282. The highest BCUT2D eigenvalue weighted by molar-refractivity contribution is 5.72. The summed E-state index contributed by atoms with van der Waals surface area (Å²) in [6.45, 7) is 12.1.